The maximum Gasteiger partial charge on any atom is 0.222 e. The van der Waals surface area contributed by atoms with Crippen LogP contribution in [-0.2, 0) is 0 Å². The van der Waals surface area contributed by atoms with Crippen LogP contribution >= 0.6 is 0 Å². The van der Waals surface area contributed by atoms with Gasteiger partial charge in [0.2, 0.25) is 5.88 Å². The Labute approximate surface area is 133 Å². The van der Waals surface area contributed by atoms with E-state index in [0.717, 1.165) is 22.5 Å². The van der Waals surface area contributed by atoms with Gasteiger partial charge in [0, 0.05) is 34.3 Å². The number of rotatable bonds is 3. The second-order valence-electron chi connectivity index (χ2n) is 6.04. The highest BCUT2D eigenvalue weighted by Gasteiger charge is 2.25. The molecule has 1 saturated carbocycles. The van der Waals surface area contributed by atoms with E-state index in [4.69, 9.17) is 4.74 Å². The van der Waals surface area contributed by atoms with Crippen LogP contribution in [0.2, 0.25) is 0 Å². The molecule has 2 aromatic carbocycles. The molecule has 0 bridgehead atoms. The van der Waals surface area contributed by atoms with Gasteiger partial charge < -0.3 is 9.72 Å². The average Bonchev–Trinajstić information content (AvgIpc) is 3.36. The van der Waals surface area contributed by atoms with Crippen LogP contribution in [0, 0.1) is 0 Å². The van der Waals surface area contributed by atoms with Gasteiger partial charge in [0.1, 0.15) is 12.1 Å². The van der Waals surface area contributed by atoms with E-state index in [1.165, 1.54) is 23.6 Å². The minimum Gasteiger partial charge on any atom is -0.439 e. The second kappa shape index (κ2) is 4.81. The first-order valence-corrected chi connectivity index (χ1v) is 7.87. The van der Waals surface area contributed by atoms with Gasteiger partial charge in [0.15, 0.2) is 0 Å². The van der Waals surface area contributed by atoms with E-state index in [1.807, 2.05) is 24.3 Å². The molecule has 2 heterocycles. The van der Waals surface area contributed by atoms with E-state index in [2.05, 4.69) is 39.2 Å². The van der Waals surface area contributed by atoms with E-state index in [9.17, 15) is 0 Å². The number of nitrogens with one attached hydrogen (secondary N) is 1. The number of para-hydroxylation sites is 1. The lowest BCUT2D eigenvalue weighted by Gasteiger charge is -2.05. The molecule has 1 fully saturated rings. The van der Waals surface area contributed by atoms with Crippen LogP contribution in [0.15, 0.2) is 54.9 Å². The lowest BCUT2D eigenvalue weighted by Crippen LogP contribution is -1.92. The van der Waals surface area contributed by atoms with E-state index in [1.54, 1.807) is 6.33 Å². The number of benzene rings is 2. The predicted molar refractivity (Wildman–Crippen MR) is 89.9 cm³/mol. The third-order valence-corrected chi connectivity index (χ3v) is 4.36. The Morgan fingerprint density at radius 2 is 1.78 bits per heavy atom. The number of hydrogen-bond donors (Lipinski definition) is 1. The number of ether oxygens (including phenoxy) is 1. The fourth-order valence-corrected chi connectivity index (χ4v) is 3.03. The molecule has 1 N–H and O–H groups in total. The summed E-state index contributed by atoms with van der Waals surface area (Å²) in [6.45, 7) is 0. The van der Waals surface area contributed by atoms with Crippen molar-refractivity contribution >= 4 is 21.8 Å². The first kappa shape index (κ1) is 12.6. The second-order valence-corrected chi connectivity index (χ2v) is 6.04. The molecule has 112 valence electrons. The summed E-state index contributed by atoms with van der Waals surface area (Å²) in [5, 5.41) is 2.43. The van der Waals surface area contributed by atoms with Gasteiger partial charge in [0.05, 0.1) is 11.2 Å². The van der Waals surface area contributed by atoms with E-state index >= 15 is 0 Å². The fourth-order valence-electron chi connectivity index (χ4n) is 3.03. The monoisotopic (exact) mass is 301 g/mol. The van der Waals surface area contributed by atoms with Gasteiger partial charge in [-0.1, -0.05) is 18.2 Å². The molecule has 0 atom stereocenters. The van der Waals surface area contributed by atoms with Crippen molar-refractivity contribution in [2.45, 2.75) is 18.8 Å². The number of aromatic nitrogens is 3. The van der Waals surface area contributed by atoms with Crippen LogP contribution in [-0.4, -0.2) is 15.0 Å². The van der Waals surface area contributed by atoms with E-state index in [-0.39, 0.29) is 0 Å². The Hall–Kier alpha value is -2.88. The van der Waals surface area contributed by atoms with Crippen molar-refractivity contribution in [1.82, 2.24) is 15.0 Å². The molecule has 0 amide bonds. The molecule has 0 radical (unpaired) electrons. The van der Waals surface area contributed by atoms with Crippen LogP contribution in [0.1, 0.15) is 24.5 Å². The third-order valence-electron chi connectivity index (χ3n) is 4.36. The Balaban J connectivity index is 1.52. The lowest BCUT2D eigenvalue weighted by molar-refractivity contribution is 0.461. The normalized spacial score (nSPS) is 14.4. The molecule has 23 heavy (non-hydrogen) atoms. The molecule has 2 aromatic heterocycles. The first-order valence-electron chi connectivity index (χ1n) is 7.87. The van der Waals surface area contributed by atoms with Crippen LogP contribution in [0.4, 0.5) is 0 Å². The predicted octanol–water partition coefficient (Wildman–Crippen LogP) is 4.78. The SMILES string of the molecule is c1ccc2c(c1)[nH]c1cc(Oc3cc(C4CC4)ncn3)ccc12. The summed E-state index contributed by atoms with van der Waals surface area (Å²) < 4.78 is 5.93. The molecular formula is C19H15N3O. The number of H-pyrrole nitrogens is 1. The molecule has 0 unspecified atom stereocenters. The Morgan fingerprint density at radius 3 is 2.70 bits per heavy atom. The third kappa shape index (κ3) is 2.23. The maximum atomic E-state index is 5.93. The summed E-state index contributed by atoms with van der Waals surface area (Å²) in [4.78, 5) is 12.0. The molecule has 4 aromatic rings. The first-order chi connectivity index (χ1) is 11.4. The molecule has 5 rings (SSSR count). The Kier molecular flexibility index (Phi) is 2.65. The highest BCUT2D eigenvalue weighted by Crippen LogP contribution is 2.39. The van der Waals surface area contributed by atoms with Gasteiger partial charge in [-0.2, -0.15) is 0 Å². The van der Waals surface area contributed by atoms with Crippen molar-refractivity contribution in [2.24, 2.45) is 0 Å². The summed E-state index contributed by atoms with van der Waals surface area (Å²) in [6.07, 6.45) is 4.03. The maximum absolute atomic E-state index is 5.93. The Bertz CT molecular complexity index is 1020. The summed E-state index contributed by atoms with van der Waals surface area (Å²) in [5.74, 6) is 1.98. The molecular weight excluding hydrogens is 286 g/mol. The highest BCUT2D eigenvalue weighted by atomic mass is 16.5. The number of fused-ring (bicyclic) bond motifs is 3. The summed E-state index contributed by atoms with van der Waals surface area (Å²) in [6, 6.07) is 16.4. The Morgan fingerprint density at radius 1 is 0.913 bits per heavy atom. The molecule has 4 heteroatoms. The van der Waals surface area contributed by atoms with Gasteiger partial charge in [0.25, 0.3) is 0 Å². The quantitative estimate of drug-likeness (QED) is 0.592. The van der Waals surface area contributed by atoms with Gasteiger partial charge in [-0.15, -0.1) is 0 Å². The van der Waals surface area contributed by atoms with Crippen molar-refractivity contribution < 1.29 is 4.74 Å². The minimum atomic E-state index is 0.594. The highest BCUT2D eigenvalue weighted by molar-refractivity contribution is 6.07. The smallest absolute Gasteiger partial charge is 0.222 e. The van der Waals surface area contributed by atoms with Crippen molar-refractivity contribution in [2.75, 3.05) is 0 Å². The van der Waals surface area contributed by atoms with Crippen LogP contribution in [0.25, 0.3) is 21.8 Å². The van der Waals surface area contributed by atoms with E-state index < -0.39 is 0 Å². The van der Waals surface area contributed by atoms with Crippen molar-refractivity contribution in [1.29, 1.82) is 0 Å². The summed E-state index contributed by atoms with van der Waals surface area (Å²) >= 11 is 0. The molecule has 4 nitrogen and oxygen atoms in total. The van der Waals surface area contributed by atoms with E-state index in [0.29, 0.717) is 11.8 Å². The van der Waals surface area contributed by atoms with Gasteiger partial charge in [-0.05, 0) is 31.0 Å². The zero-order valence-corrected chi connectivity index (χ0v) is 12.5. The standard InChI is InChI=1S/C19H15N3O/c1-2-4-16-14(3-1)15-8-7-13(9-18(15)22-16)23-19-10-17(12-5-6-12)20-11-21-19/h1-4,7-12,22H,5-6H2. The number of nitrogens with zero attached hydrogens (tertiary/aromatic N) is 2. The average molecular weight is 301 g/mol. The molecule has 0 spiro atoms. The molecule has 1 aliphatic rings. The van der Waals surface area contributed by atoms with Crippen molar-refractivity contribution in [3.63, 3.8) is 0 Å². The molecule has 0 aliphatic heterocycles. The van der Waals surface area contributed by atoms with Gasteiger partial charge in [-0.25, -0.2) is 9.97 Å². The fraction of sp³-hybridized carbons (Fsp3) is 0.158. The molecule has 1 aliphatic carbocycles. The number of hydrogen-bond acceptors (Lipinski definition) is 3. The molecule has 0 saturated heterocycles. The van der Waals surface area contributed by atoms with Gasteiger partial charge in [-0.3, -0.25) is 0 Å². The van der Waals surface area contributed by atoms with Crippen LogP contribution in [0.5, 0.6) is 11.6 Å². The van der Waals surface area contributed by atoms with Crippen molar-refractivity contribution in [3.05, 3.63) is 60.6 Å². The topological polar surface area (TPSA) is 50.8 Å². The number of aromatic amines is 1. The summed E-state index contributed by atoms with van der Waals surface area (Å²) in [5.41, 5.74) is 3.29. The minimum absolute atomic E-state index is 0.594. The van der Waals surface area contributed by atoms with Crippen LogP contribution < -0.4 is 4.74 Å². The van der Waals surface area contributed by atoms with Gasteiger partial charge >= 0.3 is 0 Å². The zero-order valence-electron chi connectivity index (χ0n) is 12.5. The lowest BCUT2D eigenvalue weighted by atomic mass is 10.1. The summed E-state index contributed by atoms with van der Waals surface area (Å²) in [7, 11) is 0. The van der Waals surface area contributed by atoms with Crippen molar-refractivity contribution in [3.8, 4) is 11.6 Å². The largest absolute Gasteiger partial charge is 0.439 e. The zero-order chi connectivity index (χ0) is 15.2. The van der Waals surface area contributed by atoms with Crippen LogP contribution in [0.3, 0.4) is 0 Å².